The van der Waals surface area contributed by atoms with Gasteiger partial charge < -0.3 is 20.7 Å². The summed E-state index contributed by atoms with van der Waals surface area (Å²) in [7, 11) is 0. The molecule has 142 valence electrons. The van der Waals surface area contributed by atoms with Gasteiger partial charge in [0.05, 0.1) is 30.6 Å². The van der Waals surface area contributed by atoms with Crippen molar-refractivity contribution in [2.24, 2.45) is 5.73 Å². The Kier molecular flexibility index (Phi) is 4.61. The third-order valence-electron chi connectivity index (χ3n) is 4.77. The van der Waals surface area contributed by atoms with Crippen LogP contribution >= 0.6 is 0 Å². The van der Waals surface area contributed by atoms with Gasteiger partial charge in [-0.1, -0.05) is 0 Å². The maximum Gasteiger partial charge on any atom is 0.274 e. The smallest absolute Gasteiger partial charge is 0.274 e. The van der Waals surface area contributed by atoms with Gasteiger partial charge in [0.25, 0.3) is 5.91 Å². The van der Waals surface area contributed by atoms with E-state index in [9.17, 15) is 13.6 Å². The summed E-state index contributed by atoms with van der Waals surface area (Å²) in [6, 6.07) is 1.56. The van der Waals surface area contributed by atoms with Crippen molar-refractivity contribution in [1.29, 1.82) is 0 Å². The Morgan fingerprint density at radius 1 is 1.26 bits per heavy atom. The van der Waals surface area contributed by atoms with Crippen LogP contribution in [0.3, 0.4) is 0 Å². The number of anilines is 1. The Morgan fingerprint density at radius 3 is 2.81 bits per heavy atom. The largest absolute Gasteiger partial charge is 0.493 e. The number of fused-ring (bicyclic) bond motifs is 1. The summed E-state index contributed by atoms with van der Waals surface area (Å²) in [4.78, 5) is 22.4. The van der Waals surface area contributed by atoms with E-state index < -0.39 is 17.7 Å². The molecule has 4 rings (SSSR count). The molecule has 1 amide bonds. The molecular formula is C18H19F2N5O2. The molecule has 1 fully saturated rings. The predicted molar refractivity (Wildman–Crippen MR) is 93.4 cm³/mol. The van der Waals surface area contributed by atoms with E-state index in [0.29, 0.717) is 31.9 Å². The highest BCUT2D eigenvalue weighted by molar-refractivity contribution is 5.92. The van der Waals surface area contributed by atoms with Crippen LogP contribution in [0.25, 0.3) is 0 Å². The molecule has 2 aromatic rings. The van der Waals surface area contributed by atoms with E-state index in [4.69, 9.17) is 10.5 Å². The fourth-order valence-electron chi connectivity index (χ4n) is 3.42. The SMILES string of the molecule is NC1CCN(C(=O)c2cnc(NC3CCOc4cc(F)cc(F)c43)cn2)C1. The summed E-state index contributed by atoms with van der Waals surface area (Å²) in [6.45, 7) is 1.44. The third-order valence-corrected chi connectivity index (χ3v) is 4.77. The van der Waals surface area contributed by atoms with Gasteiger partial charge in [-0.3, -0.25) is 4.79 Å². The van der Waals surface area contributed by atoms with E-state index in [-0.39, 0.29) is 29.0 Å². The van der Waals surface area contributed by atoms with E-state index in [0.717, 1.165) is 12.5 Å². The first-order valence-corrected chi connectivity index (χ1v) is 8.76. The average molecular weight is 375 g/mol. The molecule has 2 unspecified atom stereocenters. The molecule has 3 N–H and O–H groups in total. The van der Waals surface area contributed by atoms with Gasteiger partial charge in [-0.15, -0.1) is 0 Å². The quantitative estimate of drug-likeness (QED) is 0.851. The summed E-state index contributed by atoms with van der Waals surface area (Å²) >= 11 is 0. The van der Waals surface area contributed by atoms with Crippen molar-refractivity contribution in [2.45, 2.75) is 24.9 Å². The topological polar surface area (TPSA) is 93.4 Å². The lowest BCUT2D eigenvalue weighted by Gasteiger charge is -2.27. The summed E-state index contributed by atoms with van der Waals surface area (Å²) in [5.41, 5.74) is 6.32. The third kappa shape index (κ3) is 3.55. The molecular weight excluding hydrogens is 356 g/mol. The second kappa shape index (κ2) is 7.07. The number of rotatable bonds is 3. The number of benzene rings is 1. The highest BCUT2D eigenvalue weighted by Gasteiger charge is 2.28. The Morgan fingerprint density at radius 2 is 2.11 bits per heavy atom. The van der Waals surface area contributed by atoms with Crippen LogP contribution in [0.15, 0.2) is 24.5 Å². The molecule has 2 aliphatic heterocycles. The zero-order valence-corrected chi connectivity index (χ0v) is 14.5. The van der Waals surface area contributed by atoms with Gasteiger partial charge in [-0.2, -0.15) is 0 Å². The first-order valence-electron chi connectivity index (χ1n) is 8.76. The van der Waals surface area contributed by atoms with Crippen LogP contribution in [0.1, 0.15) is 34.9 Å². The van der Waals surface area contributed by atoms with Gasteiger partial charge in [0.1, 0.15) is 28.9 Å². The van der Waals surface area contributed by atoms with E-state index in [1.54, 1.807) is 4.90 Å². The van der Waals surface area contributed by atoms with Gasteiger partial charge >= 0.3 is 0 Å². The van der Waals surface area contributed by atoms with Crippen LogP contribution in [0.2, 0.25) is 0 Å². The fourth-order valence-corrected chi connectivity index (χ4v) is 3.42. The highest BCUT2D eigenvalue weighted by Crippen LogP contribution is 2.36. The van der Waals surface area contributed by atoms with Crippen molar-refractivity contribution in [1.82, 2.24) is 14.9 Å². The molecule has 0 saturated carbocycles. The van der Waals surface area contributed by atoms with E-state index in [2.05, 4.69) is 15.3 Å². The lowest BCUT2D eigenvalue weighted by molar-refractivity contribution is 0.0784. The lowest BCUT2D eigenvalue weighted by atomic mass is 9.99. The number of hydrogen-bond acceptors (Lipinski definition) is 6. The van der Waals surface area contributed by atoms with Gasteiger partial charge in [-0.05, 0) is 6.42 Å². The molecule has 2 atom stereocenters. The van der Waals surface area contributed by atoms with Crippen molar-refractivity contribution in [2.75, 3.05) is 25.0 Å². The lowest BCUT2D eigenvalue weighted by Crippen LogP contribution is -2.32. The van der Waals surface area contributed by atoms with Crippen molar-refractivity contribution in [3.63, 3.8) is 0 Å². The molecule has 2 aliphatic rings. The number of likely N-dealkylation sites (tertiary alicyclic amines) is 1. The number of carbonyl (C=O) groups excluding carboxylic acids is 1. The summed E-state index contributed by atoms with van der Waals surface area (Å²) < 4.78 is 32.9. The van der Waals surface area contributed by atoms with Crippen molar-refractivity contribution in [3.05, 3.63) is 47.4 Å². The van der Waals surface area contributed by atoms with Crippen LogP contribution in [-0.2, 0) is 0 Å². The Labute approximate surface area is 154 Å². The summed E-state index contributed by atoms with van der Waals surface area (Å²) in [5.74, 6) is -0.990. The predicted octanol–water partition coefficient (Wildman–Crippen LogP) is 1.86. The number of hydrogen-bond donors (Lipinski definition) is 2. The molecule has 0 radical (unpaired) electrons. The van der Waals surface area contributed by atoms with E-state index >= 15 is 0 Å². The molecule has 1 aromatic carbocycles. The number of aromatic nitrogens is 2. The Balaban J connectivity index is 1.49. The maximum atomic E-state index is 14.2. The maximum absolute atomic E-state index is 14.2. The van der Waals surface area contributed by atoms with Crippen LogP contribution in [-0.4, -0.2) is 46.5 Å². The number of ether oxygens (including phenoxy) is 1. The molecule has 9 heteroatoms. The zero-order valence-electron chi connectivity index (χ0n) is 14.5. The molecule has 0 spiro atoms. The van der Waals surface area contributed by atoms with Crippen molar-refractivity contribution >= 4 is 11.7 Å². The fraction of sp³-hybridized carbons (Fsp3) is 0.389. The Bertz CT molecular complexity index is 862. The van der Waals surface area contributed by atoms with Crippen LogP contribution in [0.4, 0.5) is 14.6 Å². The van der Waals surface area contributed by atoms with Crippen molar-refractivity contribution in [3.8, 4) is 5.75 Å². The van der Waals surface area contributed by atoms with E-state index in [1.807, 2.05) is 0 Å². The summed E-state index contributed by atoms with van der Waals surface area (Å²) in [6.07, 6.45) is 4.08. The number of halogens is 2. The standard InChI is InChI=1S/C18H19F2N5O2/c19-10-5-12(20)17-13(2-4-27-15(17)6-10)24-16-8-22-14(7-23-16)18(26)25-3-1-11(21)9-25/h5-8,11,13H,1-4,9,21H2,(H,23,24). The minimum Gasteiger partial charge on any atom is -0.493 e. The molecule has 1 aromatic heterocycles. The minimum absolute atomic E-state index is 0.00355. The minimum atomic E-state index is -0.684. The monoisotopic (exact) mass is 375 g/mol. The van der Waals surface area contributed by atoms with Crippen LogP contribution in [0, 0.1) is 11.6 Å². The number of carbonyl (C=O) groups is 1. The van der Waals surface area contributed by atoms with Gasteiger partial charge in [0.2, 0.25) is 0 Å². The average Bonchev–Trinajstić information content (AvgIpc) is 3.08. The number of amides is 1. The number of nitrogens with two attached hydrogens (primary N) is 1. The molecule has 0 bridgehead atoms. The second-order valence-electron chi connectivity index (χ2n) is 6.72. The van der Waals surface area contributed by atoms with Gasteiger partial charge in [0.15, 0.2) is 0 Å². The van der Waals surface area contributed by atoms with Crippen molar-refractivity contribution < 1.29 is 18.3 Å². The first-order chi connectivity index (χ1) is 13.0. The second-order valence-corrected chi connectivity index (χ2v) is 6.72. The summed E-state index contributed by atoms with van der Waals surface area (Å²) in [5, 5.41) is 3.08. The highest BCUT2D eigenvalue weighted by atomic mass is 19.1. The Hall–Kier alpha value is -2.81. The van der Waals surface area contributed by atoms with Gasteiger partial charge in [-0.25, -0.2) is 18.7 Å². The molecule has 0 aliphatic carbocycles. The zero-order chi connectivity index (χ0) is 19.0. The number of nitrogens with one attached hydrogen (secondary N) is 1. The molecule has 7 nitrogen and oxygen atoms in total. The van der Waals surface area contributed by atoms with E-state index in [1.165, 1.54) is 18.5 Å². The van der Waals surface area contributed by atoms with Gasteiger partial charge in [0, 0.05) is 37.7 Å². The molecule has 3 heterocycles. The first kappa shape index (κ1) is 17.6. The molecule has 27 heavy (non-hydrogen) atoms. The molecule has 1 saturated heterocycles. The number of nitrogens with zero attached hydrogens (tertiary/aromatic N) is 3. The van der Waals surface area contributed by atoms with Crippen LogP contribution in [0.5, 0.6) is 5.75 Å². The van der Waals surface area contributed by atoms with Crippen LogP contribution < -0.4 is 15.8 Å². The normalized spacial score (nSPS) is 21.5.